The molecule has 0 rings (SSSR count). The molecule has 0 spiro atoms. The van der Waals surface area contributed by atoms with E-state index in [1.54, 1.807) is 0 Å². The number of hydrogen-bond donors (Lipinski definition) is 0. The van der Waals surface area contributed by atoms with Crippen LogP contribution in [-0.2, 0) is 0 Å². The third-order valence-corrected chi connectivity index (χ3v) is 18.4. The largest absolute Gasteiger partial charge is 0.342 e. The summed E-state index contributed by atoms with van der Waals surface area (Å²) in [5, 5.41) is 0. The van der Waals surface area contributed by atoms with Crippen molar-refractivity contribution in [3.05, 3.63) is 0 Å². The van der Waals surface area contributed by atoms with Crippen molar-refractivity contribution in [1.82, 2.24) is 17.6 Å². The van der Waals surface area contributed by atoms with Crippen molar-refractivity contribution >= 4 is 28.1 Å². The van der Waals surface area contributed by atoms with Crippen LogP contribution in [-0.4, -0.2) is 85.4 Å². The molecule has 0 saturated heterocycles. The monoisotopic (exact) mass is 334 g/mol. The normalized spacial score (nSPS) is 16.2. The molecule has 2 unspecified atom stereocenters. The SMILES string of the molecule is CCN(CC)[SiH2]N([SiH](C)N(C)CC)[SiH](C)N(CC)CC. The Balaban J connectivity index is 5.02. The van der Waals surface area contributed by atoms with Gasteiger partial charge in [-0.15, -0.1) is 0 Å². The third kappa shape index (κ3) is 6.08. The van der Waals surface area contributed by atoms with Crippen molar-refractivity contribution in [1.29, 1.82) is 0 Å². The fourth-order valence-corrected chi connectivity index (χ4v) is 14.6. The van der Waals surface area contributed by atoms with Gasteiger partial charge in [-0.2, -0.15) is 0 Å². The minimum absolute atomic E-state index is 0.262. The predicted molar refractivity (Wildman–Crippen MR) is 101 cm³/mol. The summed E-state index contributed by atoms with van der Waals surface area (Å²) in [6, 6.07) is 0. The smallest absolute Gasteiger partial charge is 0.174 e. The molecule has 0 aromatic rings. The van der Waals surface area contributed by atoms with Gasteiger partial charge in [0.05, 0.1) is 0 Å². The van der Waals surface area contributed by atoms with E-state index in [4.69, 9.17) is 0 Å². The molecular weight excluding hydrogens is 296 g/mol. The lowest BCUT2D eigenvalue weighted by Crippen LogP contribution is -2.64. The van der Waals surface area contributed by atoms with Crippen LogP contribution in [0.2, 0.25) is 13.1 Å². The van der Waals surface area contributed by atoms with Gasteiger partial charge in [-0.1, -0.05) is 34.6 Å². The maximum atomic E-state index is 3.03. The highest BCUT2D eigenvalue weighted by Gasteiger charge is 2.29. The molecule has 0 aromatic carbocycles. The van der Waals surface area contributed by atoms with Crippen LogP contribution >= 0.6 is 0 Å². The zero-order chi connectivity index (χ0) is 15.7. The van der Waals surface area contributed by atoms with Crippen LogP contribution in [0.15, 0.2) is 0 Å². The minimum Gasteiger partial charge on any atom is -0.342 e. The maximum absolute atomic E-state index is 3.03. The molecule has 4 nitrogen and oxygen atoms in total. The van der Waals surface area contributed by atoms with Crippen LogP contribution in [0.3, 0.4) is 0 Å². The van der Waals surface area contributed by atoms with Gasteiger partial charge in [0.1, 0.15) is 0 Å². The highest BCUT2D eigenvalue weighted by molar-refractivity contribution is 6.78. The molecule has 0 aliphatic rings. The molecule has 0 bridgehead atoms. The second-order valence-corrected chi connectivity index (χ2v) is 14.9. The van der Waals surface area contributed by atoms with Gasteiger partial charge in [0.15, 0.2) is 28.1 Å². The van der Waals surface area contributed by atoms with E-state index < -0.39 is 18.2 Å². The van der Waals surface area contributed by atoms with E-state index in [0.29, 0.717) is 0 Å². The molecule has 0 aliphatic carbocycles. The van der Waals surface area contributed by atoms with Crippen LogP contribution < -0.4 is 0 Å². The fraction of sp³-hybridized carbons (Fsp3) is 1.00. The summed E-state index contributed by atoms with van der Waals surface area (Å²) in [7, 11) is 0.193. The summed E-state index contributed by atoms with van der Waals surface area (Å²) in [5.74, 6) is 0. The summed E-state index contributed by atoms with van der Waals surface area (Å²) in [6.45, 7) is 22.7. The van der Waals surface area contributed by atoms with E-state index in [2.05, 4.69) is 72.4 Å². The van der Waals surface area contributed by atoms with Crippen LogP contribution in [0, 0.1) is 0 Å². The van der Waals surface area contributed by atoms with Gasteiger partial charge in [0, 0.05) is 0 Å². The Bertz CT molecular complexity index is 238. The molecule has 0 aromatic heterocycles. The zero-order valence-electron chi connectivity index (χ0n) is 15.2. The van der Waals surface area contributed by atoms with Gasteiger partial charge in [-0.25, -0.2) is 0 Å². The lowest BCUT2D eigenvalue weighted by atomic mass is 10.7. The van der Waals surface area contributed by atoms with Gasteiger partial charge >= 0.3 is 0 Å². The molecule has 0 radical (unpaired) electrons. The summed E-state index contributed by atoms with van der Waals surface area (Å²) >= 11 is 0. The summed E-state index contributed by atoms with van der Waals surface area (Å²) in [6.07, 6.45) is 0. The molecule has 0 aliphatic heterocycles. The average molecular weight is 335 g/mol. The molecule has 2 atom stereocenters. The first-order valence-corrected chi connectivity index (χ1v) is 14.0. The Morgan fingerprint density at radius 1 is 0.750 bits per heavy atom. The lowest BCUT2D eigenvalue weighted by molar-refractivity contribution is 0.432. The van der Waals surface area contributed by atoms with Gasteiger partial charge < -0.3 is 17.6 Å². The third-order valence-electron chi connectivity index (χ3n) is 4.70. The Kier molecular flexibility index (Phi) is 11.4. The summed E-state index contributed by atoms with van der Waals surface area (Å²) < 4.78 is 11.1. The molecule has 0 fully saturated rings. The number of hydrogen-bond acceptors (Lipinski definition) is 4. The van der Waals surface area contributed by atoms with Crippen LogP contribution in [0.25, 0.3) is 0 Å². The molecule has 0 N–H and O–H groups in total. The van der Waals surface area contributed by atoms with Gasteiger partial charge in [0.2, 0.25) is 0 Å². The predicted octanol–water partition coefficient (Wildman–Crippen LogP) is 0.623. The highest BCUT2D eigenvalue weighted by atomic mass is 28.4. The second-order valence-electron chi connectivity index (χ2n) is 5.52. The van der Waals surface area contributed by atoms with E-state index in [1.165, 1.54) is 32.7 Å². The molecule has 0 heterocycles. The molecular formula is C13H38N4Si3. The van der Waals surface area contributed by atoms with Crippen molar-refractivity contribution in [3.8, 4) is 0 Å². The second kappa shape index (κ2) is 11.1. The van der Waals surface area contributed by atoms with Crippen molar-refractivity contribution in [2.45, 2.75) is 47.7 Å². The topological polar surface area (TPSA) is 13.0 Å². The Labute approximate surface area is 133 Å². The van der Waals surface area contributed by atoms with Gasteiger partial charge in [-0.3, -0.25) is 0 Å². The van der Waals surface area contributed by atoms with Crippen LogP contribution in [0.4, 0.5) is 0 Å². The Morgan fingerprint density at radius 2 is 1.25 bits per heavy atom. The van der Waals surface area contributed by atoms with E-state index in [0.717, 1.165) is 0 Å². The highest BCUT2D eigenvalue weighted by Crippen LogP contribution is 2.07. The first kappa shape index (κ1) is 20.5. The van der Waals surface area contributed by atoms with Gasteiger partial charge in [-0.05, 0) is 52.9 Å². The summed E-state index contributed by atoms with van der Waals surface area (Å²) in [4.78, 5) is 0. The number of rotatable bonds is 11. The minimum atomic E-state index is -0.937. The van der Waals surface area contributed by atoms with Crippen molar-refractivity contribution in [3.63, 3.8) is 0 Å². The average Bonchev–Trinajstić information content (AvgIpc) is 2.48. The van der Waals surface area contributed by atoms with Crippen molar-refractivity contribution in [2.75, 3.05) is 39.8 Å². The quantitative estimate of drug-likeness (QED) is 0.514. The molecule has 0 saturated carbocycles. The van der Waals surface area contributed by atoms with E-state index in [1.807, 2.05) is 0 Å². The van der Waals surface area contributed by atoms with E-state index in [-0.39, 0.29) is 9.84 Å². The maximum Gasteiger partial charge on any atom is 0.174 e. The first-order valence-electron chi connectivity index (χ1n) is 8.38. The molecule has 0 amide bonds. The lowest BCUT2D eigenvalue weighted by Gasteiger charge is -2.43. The summed E-state index contributed by atoms with van der Waals surface area (Å²) in [5.41, 5.74) is 0. The van der Waals surface area contributed by atoms with Crippen LogP contribution in [0.5, 0.6) is 0 Å². The Morgan fingerprint density at radius 3 is 1.60 bits per heavy atom. The fourth-order valence-electron chi connectivity index (χ4n) is 2.68. The molecule has 122 valence electrons. The first-order chi connectivity index (χ1) is 9.46. The molecule has 7 heteroatoms. The zero-order valence-corrected chi connectivity index (χ0v) is 18.9. The molecule has 20 heavy (non-hydrogen) atoms. The van der Waals surface area contributed by atoms with Gasteiger partial charge in [0.25, 0.3) is 0 Å². The van der Waals surface area contributed by atoms with E-state index >= 15 is 0 Å². The van der Waals surface area contributed by atoms with Crippen molar-refractivity contribution in [2.24, 2.45) is 0 Å². The number of nitrogens with zero attached hydrogens (tertiary/aromatic N) is 4. The van der Waals surface area contributed by atoms with Crippen molar-refractivity contribution < 1.29 is 0 Å². The Hall–Kier alpha value is 0.491. The van der Waals surface area contributed by atoms with Crippen LogP contribution in [0.1, 0.15) is 34.6 Å². The standard InChI is InChI=1S/C13H38N4Si3/c1-9-14(6)19(7)17(18-15(10-2)11-3)20(8)16(12-4)13-5/h19-20H,9-13,18H2,1-8H3. The van der Waals surface area contributed by atoms with E-state index in [9.17, 15) is 0 Å².